The maximum Gasteiger partial charge on any atom is 0.261 e. The van der Waals surface area contributed by atoms with Crippen molar-refractivity contribution in [2.45, 2.75) is 13.0 Å². The largest absolute Gasteiger partial charge is 0.490 e. The van der Waals surface area contributed by atoms with Crippen LogP contribution >= 0.6 is 0 Å². The number of halogens is 1. The molecule has 1 aromatic heterocycles. The Kier molecular flexibility index (Phi) is 4.45. The Balaban J connectivity index is 1.52. The average Bonchev–Trinajstić information content (AvgIpc) is 2.89. The van der Waals surface area contributed by atoms with Crippen molar-refractivity contribution in [2.24, 2.45) is 0 Å². The van der Waals surface area contributed by atoms with Gasteiger partial charge in [0.1, 0.15) is 12.4 Å². The van der Waals surface area contributed by atoms with Crippen molar-refractivity contribution in [3.63, 3.8) is 0 Å². The molecule has 7 nitrogen and oxygen atoms in total. The van der Waals surface area contributed by atoms with Crippen molar-refractivity contribution in [1.82, 2.24) is 9.55 Å². The second-order valence-corrected chi connectivity index (χ2v) is 6.10. The molecule has 8 heteroatoms. The minimum atomic E-state index is -0.473. The lowest BCUT2D eigenvalue weighted by atomic mass is 10.2. The molecule has 0 saturated carbocycles. The molecule has 0 saturated heterocycles. The van der Waals surface area contributed by atoms with Gasteiger partial charge >= 0.3 is 0 Å². The molecule has 2 aromatic carbocycles. The smallest absolute Gasteiger partial charge is 0.261 e. The van der Waals surface area contributed by atoms with Crippen LogP contribution in [0.3, 0.4) is 0 Å². The van der Waals surface area contributed by atoms with Crippen LogP contribution in [0.15, 0.2) is 47.5 Å². The van der Waals surface area contributed by atoms with E-state index in [1.54, 1.807) is 18.2 Å². The summed E-state index contributed by atoms with van der Waals surface area (Å²) < 4.78 is 25.6. The first-order valence-corrected chi connectivity index (χ1v) is 8.44. The third kappa shape index (κ3) is 3.59. The standard InChI is InChI=1S/C19H16FN3O4/c20-12-2-4-14-15(8-12)21-11-23(19(14)25)10-18(24)22-13-3-5-16-17(9-13)27-7-1-6-26-16/h2-5,8-9,11H,1,6-7,10H2,(H,22,24). The average molecular weight is 369 g/mol. The Labute approximate surface area is 153 Å². The number of hydrogen-bond donors (Lipinski definition) is 1. The third-order valence-corrected chi connectivity index (χ3v) is 4.13. The number of nitrogens with zero attached hydrogens (tertiary/aromatic N) is 2. The van der Waals surface area contributed by atoms with E-state index >= 15 is 0 Å². The van der Waals surface area contributed by atoms with E-state index in [0.717, 1.165) is 6.42 Å². The van der Waals surface area contributed by atoms with E-state index in [0.29, 0.717) is 30.4 Å². The molecule has 27 heavy (non-hydrogen) atoms. The summed E-state index contributed by atoms with van der Waals surface area (Å²) in [5, 5.41) is 2.98. The number of carbonyl (C=O) groups excluding carboxylic acids is 1. The Morgan fingerprint density at radius 2 is 1.96 bits per heavy atom. The van der Waals surface area contributed by atoms with Crippen LogP contribution in [0.2, 0.25) is 0 Å². The molecular formula is C19H16FN3O4. The lowest BCUT2D eigenvalue weighted by Crippen LogP contribution is -2.27. The van der Waals surface area contributed by atoms with Gasteiger partial charge in [-0.05, 0) is 24.3 Å². The first-order valence-electron chi connectivity index (χ1n) is 8.44. The number of ether oxygens (including phenoxy) is 2. The normalized spacial score (nSPS) is 13.2. The Bertz CT molecular complexity index is 1080. The van der Waals surface area contributed by atoms with Gasteiger partial charge in [-0.3, -0.25) is 14.2 Å². The molecule has 0 atom stereocenters. The van der Waals surface area contributed by atoms with Crippen LogP contribution in [0.5, 0.6) is 11.5 Å². The number of anilines is 1. The molecule has 1 amide bonds. The van der Waals surface area contributed by atoms with Crippen LogP contribution in [0.1, 0.15) is 6.42 Å². The summed E-state index contributed by atoms with van der Waals surface area (Å²) in [7, 11) is 0. The van der Waals surface area contributed by atoms with Gasteiger partial charge in [-0.2, -0.15) is 0 Å². The summed E-state index contributed by atoms with van der Waals surface area (Å²) in [6.07, 6.45) is 2.02. The number of aromatic nitrogens is 2. The zero-order valence-corrected chi connectivity index (χ0v) is 14.3. The number of fused-ring (bicyclic) bond motifs is 2. The SMILES string of the molecule is O=C(Cn1cnc2cc(F)ccc2c1=O)Nc1ccc2c(c1)OCCCO2. The summed E-state index contributed by atoms with van der Waals surface area (Å²) in [5.74, 6) is 0.332. The summed E-state index contributed by atoms with van der Waals surface area (Å²) in [6, 6.07) is 8.84. The first kappa shape index (κ1) is 17.0. The zero-order chi connectivity index (χ0) is 18.8. The highest BCUT2D eigenvalue weighted by molar-refractivity contribution is 5.91. The Morgan fingerprint density at radius 1 is 1.15 bits per heavy atom. The molecule has 2 heterocycles. The van der Waals surface area contributed by atoms with Gasteiger partial charge in [-0.15, -0.1) is 0 Å². The predicted octanol–water partition coefficient (Wildman–Crippen LogP) is 2.34. The molecule has 138 valence electrons. The first-order chi connectivity index (χ1) is 13.1. The molecular weight excluding hydrogens is 353 g/mol. The van der Waals surface area contributed by atoms with Gasteiger partial charge in [-0.1, -0.05) is 0 Å². The minimum Gasteiger partial charge on any atom is -0.490 e. The lowest BCUT2D eigenvalue weighted by molar-refractivity contribution is -0.116. The quantitative estimate of drug-likeness (QED) is 0.766. The number of amides is 1. The highest BCUT2D eigenvalue weighted by Crippen LogP contribution is 2.32. The van der Waals surface area contributed by atoms with Crippen LogP contribution < -0.4 is 20.3 Å². The van der Waals surface area contributed by atoms with Crippen LogP contribution in [-0.4, -0.2) is 28.7 Å². The van der Waals surface area contributed by atoms with Crippen molar-refractivity contribution in [3.8, 4) is 11.5 Å². The highest BCUT2D eigenvalue weighted by atomic mass is 19.1. The highest BCUT2D eigenvalue weighted by Gasteiger charge is 2.13. The second-order valence-electron chi connectivity index (χ2n) is 6.10. The minimum absolute atomic E-state index is 0.215. The van der Waals surface area contributed by atoms with E-state index in [9.17, 15) is 14.0 Å². The molecule has 4 rings (SSSR count). The predicted molar refractivity (Wildman–Crippen MR) is 96.6 cm³/mol. The van der Waals surface area contributed by atoms with Gasteiger partial charge in [0.2, 0.25) is 5.91 Å². The maximum absolute atomic E-state index is 13.2. The van der Waals surface area contributed by atoms with Gasteiger partial charge in [-0.25, -0.2) is 9.37 Å². The molecule has 0 unspecified atom stereocenters. The number of benzene rings is 2. The summed E-state index contributed by atoms with van der Waals surface area (Å²) in [5.41, 5.74) is 0.376. The lowest BCUT2D eigenvalue weighted by Gasteiger charge is -2.11. The molecule has 0 bridgehead atoms. The van der Waals surface area contributed by atoms with Crippen molar-refractivity contribution in [2.75, 3.05) is 18.5 Å². The molecule has 3 aromatic rings. The fourth-order valence-corrected chi connectivity index (χ4v) is 2.84. The maximum atomic E-state index is 13.2. The fraction of sp³-hybridized carbons (Fsp3) is 0.211. The van der Waals surface area contributed by atoms with E-state index in [2.05, 4.69) is 10.3 Å². The van der Waals surface area contributed by atoms with E-state index in [1.165, 1.54) is 29.1 Å². The number of nitrogens with one attached hydrogen (secondary N) is 1. The molecule has 0 aliphatic carbocycles. The topological polar surface area (TPSA) is 82.5 Å². The van der Waals surface area contributed by atoms with E-state index in [-0.39, 0.29) is 17.4 Å². The van der Waals surface area contributed by atoms with Crippen molar-refractivity contribution in [3.05, 3.63) is 58.9 Å². The van der Waals surface area contributed by atoms with E-state index in [4.69, 9.17) is 9.47 Å². The second kappa shape index (κ2) is 7.06. The zero-order valence-electron chi connectivity index (χ0n) is 14.3. The number of hydrogen-bond acceptors (Lipinski definition) is 5. The van der Waals surface area contributed by atoms with Gasteiger partial charge in [0, 0.05) is 24.2 Å². The van der Waals surface area contributed by atoms with Crippen LogP contribution in [0.4, 0.5) is 10.1 Å². The molecule has 0 radical (unpaired) electrons. The summed E-state index contributed by atoms with van der Waals surface area (Å²) >= 11 is 0. The molecule has 0 spiro atoms. The Hall–Kier alpha value is -3.42. The summed E-state index contributed by atoms with van der Waals surface area (Å²) in [6.45, 7) is 0.914. The molecule has 1 N–H and O–H groups in total. The monoisotopic (exact) mass is 369 g/mol. The van der Waals surface area contributed by atoms with E-state index < -0.39 is 17.3 Å². The van der Waals surface area contributed by atoms with Crippen LogP contribution in [0, 0.1) is 5.82 Å². The van der Waals surface area contributed by atoms with Crippen molar-refractivity contribution in [1.29, 1.82) is 0 Å². The van der Waals surface area contributed by atoms with Crippen molar-refractivity contribution >= 4 is 22.5 Å². The van der Waals surface area contributed by atoms with Crippen molar-refractivity contribution < 1.29 is 18.7 Å². The van der Waals surface area contributed by atoms with Crippen LogP contribution in [0.25, 0.3) is 10.9 Å². The third-order valence-electron chi connectivity index (χ3n) is 4.13. The van der Waals surface area contributed by atoms with Gasteiger partial charge in [0.05, 0.1) is 30.4 Å². The summed E-state index contributed by atoms with van der Waals surface area (Å²) in [4.78, 5) is 28.8. The molecule has 1 aliphatic heterocycles. The molecule has 0 fully saturated rings. The van der Waals surface area contributed by atoms with Gasteiger partial charge in [0.25, 0.3) is 5.56 Å². The number of carbonyl (C=O) groups is 1. The van der Waals surface area contributed by atoms with Gasteiger partial charge < -0.3 is 14.8 Å². The van der Waals surface area contributed by atoms with E-state index in [1.807, 2.05) is 0 Å². The van der Waals surface area contributed by atoms with Crippen LogP contribution in [-0.2, 0) is 11.3 Å². The Morgan fingerprint density at radius 3 is 2.81 bits per heavy atom. The molecule has 1 aliphatic rings. The van der Waals surface area contributed by atoms with Gasteiger partial charge in [0.15, 0.2) is 11.5 Å². The fourth-order valence-electron chi connectivity index (χ4n) is 2.84. The number of rotatable bonds is 3.